The van der Waals surface area contributed by atoms with E-state index in [-0.39, 0.29) is 6.42 Å². The Balaban J connectivity index is 2.56. The molecule has 0 aliphatic heterocycles. The molecule has 0 aliphatic carbocycles. The van der Waals surface area contributed by atoms with Crippen LogP contribution in [0.4, 0.5) is 0 Å². The molecule has 0 saturated carbocycles. The molecule has 1 aromatic heterocycles. The summed E-state index contributed by atoms with van der Waals surface area (Å²) >= 11 is 0. The third-order valence-corrected chi connectivity index (χ3v) is 0.998. The van der Waals surface area contributed by atoms with Crippen molar-refractivity contribution in [1.82, 2.24) is 9.97 Å². The number of H-pyrrole nitrogens is 1. The standard InChI is InChI=1S/C5H5N3O2/c9-5(8-10)1-4-2-6-3-7-4/h2-3H,1H2,(H,6,7). The van der Waals surface area contributed by atoms with E-state index in [0.29, 0.717) is 5.69 Å². The summed E-state index contributed by atoms with van der Waals surface area (Å²) in [6, 6.07) is 0. The Labute approximate surface area is 56.4 Å². The predicted molar refractivity (Wildman–Crippen MR) is 33.1 cm³/mol. The minimum atomic E-state index is -0.691. The molecule has 1 heterocycles. The SMILES string of the molecule is O=NC(=O)Cc1cnc[nH]1. The number of aromatic amines is 1. The van der Waals surface area contributed by atoms with Gasteiger partial charge in [0.2, 0.25) is 0 Å². The normalized spacial score (nSPS) is 9.20. The van der Waals surface area contributed by atoms with E-state index >= 15 is 0 Å². The number of carbonyl (C=O) groups is 1. The number of aromatic nitrogens is 2. The Bertz CT molecular complexity index is 229. The van der Waals surface area contributed by atoms with Crippen LogP contribution in [0.1, 0.15) is 5.69 Å². The van der Waals surface area contributed by atoms with Gasteiger partial charge in [-0.3, -0.25) is 4.79 Å². The molecule has 0 fully saturated rings. The average Bonchev–Trinajstić information content (AvgIpc) is 2.40. The second-order valence-corrected chi connectivity index (χ2v) is 1.74. The highest BCUT2D eigenvalue weighted by Crippen LogP contribution is 1.93. The molecule has 1 amide bonds. The lowest BCUT2D eigenvalue weighted by atomic mass is 10.3. The van der Waals surface area contributed by atoms with Gasteiger partial charge in [0, 0.05) is 17.1 Å². The van der Waals surface area contributed by atoms with Crippen molar-refractivity contribution in [3.8, 4) is 0 Å². The van der Waals surface area contributed by atoms with Gasteiger partial charge >= 0.3 is 0 Å². The maximum atomic E-state index is 10.4. The summed E-state index contributed by atoms with van der Waals surface area (Å²) in [5.41, 5.74) is 0.601. The summed E-state index contributed by atoms with van der Waals surface area (Å²) in [5.74, 6) is -0.691. The van der Waals surface area contributed by atoms with Crippen molar-refractivity contribution in [2.75, 3.05) is 0 Å². The molecular weight excluding hydrogens is 134 g/mol. The Morgan fingerprint density at radius 3 is 3.10 bits per heavy atom. The first-order valence-electron chi connectivity index (χ1n) is 2.66. The van der Waals surface area contributed by atoms with Crippen LogP contribution in [0, 0.1) is 4.91 Å². The molecule has 0 unspecified atom stereocenters. The van der Waals surface area contributed by atoms with Crippen LogP contribution in [0.5, 0.6) is 0 Å². The number of rotatable bonds is 2. The first-order chi connectivity index (χ1) is 4.83. The Hall–Kier alpha value is -1.52. The highest BCUT2D eigenvalue weighted by Gasteiger charge is 2.02. The van der Waals surface area contributed by atoms with Gasteiger partial charge in [0.25, 0.3) is 5.91 Å². The maximum absolute atomic E-state index is 10.4. The summed E-state index contributed by atoms with van der Waals surface area (Å²) in [7, 11) is 0. The first-order valence-corrected chi connectivity index (χ1v) is 2.66. The van der Waals surface area contributed by atoms with Gasteiger partial charge in [0.05, 0.1) is 12.7 Å². The summed E-state index contributed by atoms with van der Waals surface area (Å²) in [4.78, 5) is 26.3. The number of nitroso groups, excluding NO2 is 1. The van der Waals surface area contributed by atoms with E-state index in [1.807, 2.05) is 0 Å². The van der Waals surface area contributed by atoms with Gasteiger partial charge in [0.15, 0.2) is 0 Å². The highest BCUT2D eigenvalue weighted by molar-refractivity contribution is 5.78. The molecule has 0 bridgehead atoms. The van der Waals surface area contributed by atoms with Crippen molar-refractivity contribution in [3.63, 3.8) is 0 Å². The second kappa shape index (κ2) is 2.86. The number of hydrogen-bond donors (Lipinski definition) is 1. The minimum absolute atomic E-state index is 0.00347. The molecule has 5 heteroatoms. The summed E-state index contributed by atoms with van der Waals surface area (Å²) < 4.78 is 0. The van der Waals surface area contributed by atoms with E-state index in [9.17, 15) is 9.70 Å². The average molecular weight is 139 g/mol. The molecule has 1 rings (SSSR count). The molecule has 10 heavy (non-hydrogen) atoms. The summed E-state index contributed by atoms with van der Waals surface area (Å²) in [6.45, 7) is 0. The highest BCUT2D eigenvalue weighted by atomic mass is 16.3. The maximum Gasteiger partial charge on any atom is 0.292 e. The van der Waals surface area contributed by atoms with Crippen molar-refractivity contribution in [2.24, 2.45) is 5.18 Å². The van der Waals surface area contributed by atoms with Crippen molar-refractivity contribution in [2.45, 2.75) is 6.42 Å². The second-order valence-electron chi connectivity index (χ2n) is 1.74. The van der Waals surface area contributed by atoms with Crippen molar-refractivity contribution >= 4 is 5.91 Å². The van der Waals surface area contributed by atoms with Crippen molar-refractivity contribution < 1.29 is 4.79 Å². The number of carbonyl (C=O) groups excluding carboxylic acids is 1. The van der Waals surface area contributed by atoms with Crippen LogP contribution in [0.25, 0.3) is 0 Å². The van der Waals surface area contributed by atoms with Gasteiger partial charge in [-0.05, 0) is 0 Å². The summed E-state index contributed by atoms with van der Waals surface area (Å²) in [5, 5.41) is 2.23. The zero-order valence-electron chi connectivity index (χ0n) is 5.07. The van der Waals surface area contributed by atoms with Gasteiger partial charge in [-0.1, -0.05) is 0 Å². The van der Waals surface area contributed by atoms with Crippen LogP contribution in [0.2, 0.25) is 0 Å². The van der Waals surface area contributed by atoms with Gasteiger partial charge < -0.3 is 4.98 Å². The quantitative estimate of drug-likeness (QED) is 0.596. The number of amides is 1. The Morgan fingerprint density at radius 2 is 2.60 bits per heavy atom. The molecule has 1 aromatic rings. The van der Waals surface area contributed by atoms with Crippen LogP contribution >= 0.6 is 0 Å². The van der Waals surface area contributed by atoms with Crippen LogP contribution < -0.4 is 0 Å². The third kappa shape index (κ3) is 1.48. The molecule has 52 valence electrons. The largest absolute Gasteiger partial charge is 0.348 e. The van der Waals surface area contributed by atoms with Gasteiger partial charge in [-0.2, -0.15) is 0 Å². The topological polar surface area (TPSA) is 75.2 Å². The van der Waals surface area contributed by atoms with Crippen LogP contribution in [0.15, 0.2) is 17.7 Å². The smallest absolute Gasteiger partial charge is 0.292 e. The zero-order valence-corrected chi connectivity index (χ0v) is 5.07. The monoisotopic (exact) mass is 139 g/mol. The lowest BCUT2D eigenvalue weighted by Gasteiger charge is -1.84. The number of nitrogens with zero attached hydrogens (tertiary/aromatic N) is 2. The van der Waals surface area contributed by atoms with Crippen molar-refractivity contribution in [1.29, 1.82) is 0 Å². The number of nitrogens with one attached hydrogen (secondary N) is 1. The van der Waals surface area contributed by atoms with Crippen molar-refractivity contribution in [3.05, 3.63) is 23.1 Å². The molecule has 1 N–H and O–H groups in total. The summed E-state index contributed by atoms with van der Waals surface area (Å²) in [6.07, 6.45) is 2.92. The van der Waals surface area contributed by atoms with E-state index < -0.39 is 5.91 Å². The number of hydrogen-bond acceptors (Lipinski definition) is 3. The van der Waals surface area contributed by atoms with Crippen LogP contribution in [0.3, 0.4) is 0 Å². The molecule has 0 aliphatic rings. The zero-order chi connectivity index (χ0) is 7.40. The minimum Gasteiger partial charge on any atom is -0.348 e. The Kier molecular flexibility index (Phi) is 1.89. The fourth-order valence-electron chi connectivity index (χ4n) is 0.577. The van der Waals surface area contributed by atoms with Crippen LogP contribution in [-0.2, 0) is 11.2 Å². The van der Waals surface area contributed by atoms with E-state index in [1.54, 1.807) is 0 Å². The molecule has 5 nitrogen and oxygen atoms in total. The van der Waals surface area contributed by atoms with E-state index in [0.717, 1.165) is 0 Å². The fraction of sp³-hybridized carbons (Fsp3) is 0.200. The molecule has 0 atom stereocenters. The molecule has 0 spiro atoms. The van der Waals surface area contributed by atoms with E-state index in [4.69, 9.17) is 0 Å². The van der Waals surface area contributed by atoms with E-state index in [1.165, 1.54) is 12.5 Å². The fourth-order valence-corrected chi connectivity index (χ4v) is 0.577. The number of imidazole rings is 1. The van der Waals surface area contributed by atoms with Crippen LogP contribution in [-0.4, -0.2) is 15.9 Å². The molecule has 0 radical (unpaired) electrons. The lowest BCUT2D eigenvalue weighted by molar-refractivity contribution is -0.117. The van der Waals surface area contributed by atoms with Gasteiger partial charge in [0.1, 0.15) is 0 Å². The molecule has 0 aromatic carbocycles. The van der Waals surface area contributed by atoms with Gasteiger partial charge in [-0.25, -0.2) is 4.98 Å². The van der Waals surface area contributed by atoms with E-state index in [2.05, 4.69) is 15.1 Å². The molecular formula is C5H5N3O2. The predicted octanol–water partition coefficient (Wildman–Crippen LogP) is 0.245. The lowest BCUT2D eigenvalue weighted by Crippen LogP contribution is -1.97. The Morgan fingerprint density at radius 1 is 1.80 bits per heavy atom. The third-order valence-electron chi connectivity index (χ3n) is 0.998. The molecule has 0 saturated heterocycles. The first kappa shape index (κ1) is 6.60. The van der Waals surface area contributed by atoms with Gasteiger partial charge in [-0.15, -0.1) is 4.91 Å².